The highest BCUT2D eigenvalue weighted by molar-refractivity contribution is 5.91. The highest BCUT2D eigenvalue weighted by atomic mass is 16.5. The summed E-state index contributed by atoms with van der Waals surface area (Å²) in [5, 5.41) is 0. The van der Waals surface area contributed by atoms with Gasteiger partial charge >= 0.3 is 0 Å². The van der Waals surface area contributed by atoms with Crippen LogP contribution in [0, 0.1) is 0 Å². The second kappa shape index (κ2) is 16.3. The van der Waals surface area contributed by atoms with E-state index in [0.29, 0.717) is 6.61 Å². The lowest BCUT2D eigenvalue weighted by atomic mass is 9.67. The second-order valence-corrected chi connectivity index (χ2v) is 19.8. The van der Waals surface area contributed by atoms with Crippen molar-refractivity contribution in [3.05, 3.63) is 269 Å². The molecule has 0 spiro atoms. The standard InChI is InChI=1S/C65H55NO/c1-7-44-21-23-45(24-22-44)43-67-54-37-31-50(32-38-54)65(49-29-27-48(28-30-49)63(2,3)4)60-20-14-12-18-56(60)58-40-36-53(42-62(58)65)66(51-33-25-47(26-34-51)46-15-9-8-10-16-46)52-35-39-57-55-17-11-13-19-59(55)64(5,6)61(57)41-52/h7-42H,1,43H2,2-6H3. The molecule has 1 unspecified atom stereocenters. The number of ether oxygens (including phenoxy) is 1. The molecule has 0 heterocycles. The van der Waals surface area contributed by atoms with Crippen molar-refractivity contribution >= 4 is 23.1 Å². The molecule has 2 heteroatoms. The van der Waals surface area contributed by atoms with E-state index in [4.69, 9.17) is 4.74 Å². The molecule has 0 aliphatic heterocycles. The van der Waals surface area contributed by atoms with Gasteiger partial charge in [-0.05, 0) is 137 Å². The van der Waals surface area contributed by atoms with Crippen LogP contribution in [0.3, 0.4) is 0 Å². The molecule has 0 bridgehead atoms. The summed E-state index contributed by atoms with van der Waals surface area (Å²) in [5.41, 5.74) is 21.3. The van der Waals surface area contributed by atoms with Crippen LogP contribution in [-0.2, 0) is 22.9 Å². The predicted molar refractivity (Wildman–Crippen MR) is 281 cm³/mol. The van der Waals surface area contributed by atoms with Gasteiger partial charge in [0, 0.05) is 22.5 Å². The van der Waals surface area contributed by atoms with E-state index in [2.05, 4.69) is 258 Å². The molecule has 0 saturated carbocycles. The molecule has 0 N–H and O–H groups in total. The Morgan fingerprint density at radius 2 is 0.985 bits per heavy atom. The maximum atomic E-state index is 6.43. The van der Waals surface area contributed by atoms with Crippen molar-refractivity contribution in [1.82, 2.24) is 0 Å². The molecule has 1 atom stereocenters. The predicted octanol–water partition coefficient (Wildman–Crippen LogP) is 17.0. The van der Waals surface area contributed by atoms with Crippen LogP contribution in [0.1, 0.15) is 84.7 Å². The number of fused-ring (bicyclic) bond motifs is 6. The molecule has 0 fully saturated rings. The van der Waals surface area contributed by atoms with Gasteiger partial charge < -0.3 is 9.64 Å². The zero-order chi connectivity index (χ0) is 45.9. The molecule has 326 valence electrons. The van der Waals surface area contributed by atoms with Crippen molar-refractivity contribution in [3.63, 3.8) is 0 Å². The summed E-state index contributed by atoms with van der Waals surface area (Å²) in [4.78, 5) is 2.46. The molecule has 2 aliphatic carbocycles. The average Bonchev–Trinajstić information content (AvgIpc) is 3.79. The second-order valence-electron chi connectivity index (χ2n) is 19.8. The van der Waals surface area contributed by atoms with E-state index in [1.165, 1.54) is 72.3 Å². The lowest BCUT2D eigenvalue weighted by Crippen LogP contribution is -2.29. The van der Waals surface area contributed by atoms with Crippen molar-refractivity contribution in [1.29, 1.82) is 0 Å². The Kier molecular flexibility index (Phi) is 10.2. The molecule has 9 aromatic carbocycles. The van der Waals surface area contributed by atoms with Gasteiger partial charge in [-0.15, -0.1) is 0 Å². The molecule has 2 aliphatic rings. The molecular weight excluding hydrogens is 811 g/mol. The van der Waals surface area contributed by atoms with Gasteiger partial charge in [0.1, 0.15) is 12.4 Å². The molecule has 9 aromatic rings. The maximum absolute atomic E-state index is 6.43. The van der Waals surface area contributed by atoms with E-state index < -0.39 is 5.41 Å². The van der Waals surface area contributed by atoms with Gasteiger partial charge in [0.25, 0.3) is 0 Å². The summed E-state index contributed by atoms with van der Waals surface area (Å²) in [7, 11) is 0. The van der Waals surface area contributed by atoms with Crippen LogP contribution in [0.4, 0.5) is 17.1 Å². The van der Waals surface area contributed by atoms with Crippen molar-refractivity contribution < 1.29 is 4.74 Å². The first-order chi connectivity index (χ1) is 32.5. The highest BCUT2D eigenvalue weighted by Crippen LogP contribution is 2.58. The lowest BCUT2D eigenvalue weighted by Gasteiger charge is -2.35. The number of nitrogens with zero attached hydrogens (tertiary/aromatic N) is 1. The van der Waals surface area contributed by atoms with Gasteiger partial charge in [0.05, 0.1) is 5.41 Å². The van der Waals surface area contributed by atoms with Crippen molar-refractivity contribution in [2.24, 2.45) is 0 Å². The van der Waals surface area contributed by atoms with Gasteiger partial charge in [-0.2, -0.15) is 0 Å². The fourth-order valence-corrected chi connectivity index (χ4v) is 10.8. The Morgan fingerprint density at radius 3 is 1.61 bits per heavy atom. The number of hydrogen-bond acceptors (Lipinski definition) is 2. The Balaban J connectivity index is 1.09. The van der Waals surface area contributed by atoms with Crippen LogP contribution in [0.25, 0.3) is 39.5 Å². The van der Waals surface area contributed by atoms with Gasteiger partial charge in [0.15, 0.2) is 0 Å². The van der Waals surface area contributed by atoms with Crippen LogP contribution in [0.5, 0.6) is 5.75 Å². The Bertz CT molecular complexity index is 3280. The summed E-state index contributed by atoms with van der Waals surface area (Å²) in [5.74, 6) is 0.835. The van der Waals surface area contributed by atoms with E-state index in [9.17, 15) is 0 Å². The van der Waals surface area contributed by atoms with Crippen molar-refractivity contribution in [2.75, 3.05) is 4.90 Å². The fourth-order valence-electron chi connectivity index (χ4n) is 10.8. The molecule has 67 heavy (non-hydrogen) atoms. The molecule has 0 radical (unpaired) electrons. The van der Waals surface area contributed by atoms with E-state index in [0.717, 1.165) is 33.9 Å². The minimum Gasteiger partial charge on any atom is -0.489 e. The molecular formula is C65H55NO. The third kappa shape index (κ3) is 7.11. The summed E-state index contributed by atoms with van der Waals surface area (Å²) < 4.78 is 6.43. The minimum atomic E-state index is -0.623. The van der Waals surface area contributed by atoms with Crippen molar-refractivity contribution in [2.45, 2.75) is 57.5 Å². The number of rotatable bonds is 10. The lowest BCUT2D eigenvalue weighted by molar-refractivity contribution is 0.306. The largest absolute Gasteiger partial charge is 0.489 e. The van der Waals surface area contributed by atoms with Crippen LogP contribution in [-0.4, -0.2) is 0 Å². The summed E-state index contributed by atoms with van der Waals surface area (Å²) in [6, 6.07) is 78.5. The monoisotopic (exact) mass is 865 g/mol. The molecule has 0 aromatic heterocycles. The number of anilines is 3. The van der Waals surface area contributed by atoms with Gasteiger partial charge in [-0.1, -0.05) is 211 Å². The maximum Gasteiger partial charge on any atom is 0.119 e. The first kappa shape index (κ1) is 42.0. The number of hydrogen-bond donors (Lipinski definition) is 0. The van der Waals surface area contributed by atoms with Crippen LogP contribution >= 0.6 is 0 Å². The zero-order valence-corrected chi connectivity index (χ0v) is 39.1. The molecule has 11 rings (SSSR count). The summed E-state index contributed by atoms with van der Waals surface area (Å²) in [6.45, 7) is 16.0. The SMILES string of the molecule is C=Cc1ccc(COc2ccc(C3(c4ccc(C(C)(C)C)cc4)c4ccccc4-c4ccc(N(c5ccc(-c6ccccc6)cc5)c5ccc6c(c5)C(C)(C)c5ccccc5-6)cc43)cc2)cc1. The van der Waals surface area contributed by atoms with Gasteiger partial charge in [0.2, 0.25) is 0 Å². The topological polar surface area (TPSA) is 12.5 Å². The quantitative estimate of drug-likeness (QED) is 0.136. The number of benzene rings is 9. The third-order valence-corrected chi connectivity index (χ3v) is 14.4. The fraction of sp³-hybridized carbons (Fsp3) is 0.138. The Hall–Kier alpha value is -7.68. The molecule has 2 nitrogen and oxygen atoms in total. The minimum absolute atomic E-state index is 0.0116. The highest BCUT2D eigenvalue weighted by Gasteiger charge is 2.47. The average molecular weight is 866 g/mol. The first-order valence-corrected chi connectivity index (χ1v) is 23.5. The van der Waals surface area contributed by atoms with Crippen LogP contribution in [0.2, 0.25) is 0 Å². The Morgan fingerprint density at radius 1 is 0.478 bits per heavy atom. The van der Waals surface area contributed by atoms with Gasteiger partial charge in [-0.25, -0.2) is 0 Å². The van der Waals surface area contributed by atoms with E-state index in [1.54, 1.807) is 0 Å². The van der Waals surface area contributed by atoms with Crippen molar-refractivity contribution in [3.8, 4) is 39.1 Å². The first-order valence-electron chi connectivity index (χ1n) is 23.5. The summed E-state index contributed by atoms with van der Waals surface area (Å²) >= 11 is 0. The van der Waals surface area contributed by atoms with E-state index in [-0.39, 0.29) is 10.8 Å². The van der Waals surface area contributed by atoms with E-state index >= 15 is 0 Å². The Labute approximate surface area is 396 Å². The molecule has 0 saturated heterocycles. The normalized spacial score (nSPS) is 15.2. The van der Waals surface area contributed by atoms with Crippen LogP contribution in [0.15, 0.2) is 219 Å². The van der Waals surface area contributed by atoms with Gasteiger partial charge in [-0.3, -0.25) is 0 Å². The molecule has 0 amide bonds. The van der Waals surface area contributed by atoms with Crippen LogP contribution < -0.4 is 9.64 Å². The third-order valence-electron chi connectivity index (χ3n) is 14.4. The smallest absolute Gasteiger partial charge is 0.119 e. The van der Waals surface area contributed by atoms with E-state index in [1.807, 2.05) is 6.08 Å². The summed E-state index contributed by atoms with van der Waals surface area (Å²) in [6.07, 6.45) is 1.87. The zero-order valence-electron chi connectivity index (χ0n) is 39.1.